The number of aliphatic hydroxyl groups is 1. The Morgan fingerprint density at radius 2 is 2.10 bits per heavy atom. The Hall–Kier alpha value is -1.32. The van der Waals surface area contributed by atoms with E-state index in [9.17, 15) is 5.11 Å². The van der Waals surface area contributed by atoms with E-state index in [1.54, 1.807) is 0 Å². The molecule has 2 aromatic rings. The minimum Gasteiger partial charge on any atom is -0.494 e. The highest BCUT2D eigenvalue weighted by Gasteiger charge is 2.28. The van der Waals surface area contributed by atoms with Gasteiger partial charge in [0.1, 0.15) is 5.75 Å². The van der Waals surface area contributed by atoms with Gasteiger partial charge in [0.2, 0.25) is 0 Å². The lowest BCUT2D eigenvalue weighted by atomic mass is 9.81. The minimum atomic E-state index is -0.417. The zero-order chi connectivity index (χ0) is 13.9. The van der Waals surface area contributed by atoms with Crippen LogP contribution in [0.15, 0.2) is 35.7 Å². The van der Waals surface area contributed by atoms with Gasteiger partial charge in [-0.1, -0.05) is 12.1 Å². The zero-order valence-electron chi connectivity index (χ0n) is 11.7. The van der Waals surface area contributed by atoms with E-state index >= 15 is 0 Å². The Morgan fingerprint density at radius 1 is 1.30 bits per heavy atom. The van der Waals surface area contributed by atoms with E-state index in [0.29, 0.717) is 6.61 Å². The van der Waals surface area contributed by atoms with Gasteiger partial charge in [-0.05, 0) is 60.9 Å². The highest BCUT2D eigenvalue weighted by molar-refractivity contribution is 7.10. The van der Waals surface area contributed by atoms with Crippen molar-refractivity contribution < 1.29 is 9.84 Å². The van der Waals surface area contributed by atoms with Gasteiger partial charge >= 0.3 is 0 Å². The van der Waals surface area contributed by atoms with Crippen molar-refractivity contribution in [1.29, 1.82) is 0 Å². The van der Waals surface area contributed by atoms with Crippen molar-refractivity contribution in [2.24, 2.45) is 0 Å². The van der Waals surface area contributed by atoms with Crippen LogP contribution in [0.5, 0.6) is 5.75 Å². The summed E-state index contributed by atoms with van der Waals surface area (Å²) in [4.78, 5) is 1.45. The molecule has 0 saturated carbocycles. The van der Waals surface area contributed by atoms with E-state index in [1.165, 1.54) is 23.3 Å². The molecule has 2 atom stereocenters. The average molecular weight is 288 g/mol. The van der Waals surface area contributed by atoms with Crippen molar-refractivity contribution in [2.75, 3.05) is 6.61 Å². The molecule has 2 nitrogen and oxygen atoms in total. The second kappa shape index (κ2) is 5.98. The SMILES string of the molecule is CCOc1ccc(C(O)C2CCCc3sccc32)cc1. The average Bonchev–Trinajstić information content (AvgIpc) is 2.96. The molecule has 3 heteroatoms. The molecule has 0 saturated heterocycles. The van der Waals surface area contributed by atoms with Gasteiger partial charge in [-0.25, -0.2) is 0 Å². The highest BCUT2D eigenvalue weighted by atomic mass is 32.1. The summed E-state index contributed by atoms with van der Waals surface area (Å²) in [7, 11) is 0. The molecule has 1 aliphatic carbocycles. The highest BCUT2D eigenvalue weighted by Crippen LogP contribution is 2.42. The first-order valence-electron chi connectivity index (χ1n) is 7.26. The minimum absolute atomic E-state index is 0.239. The molecule has 0 spiro atoms. The second-order valence-electron chi connectivity index (χ2n) is 5.24. The number of hydrogen-bond acceptors (Lipinski definition) is 3. The van der Waals surface area contributed by atoms with Crippen molar-refractivity contribution >= 4 is 11.3 Å². The topological polar surface area (TPSA) is 29.5 Å². The van der Waals surface area contributed by atoms with E-state index in [0.717, 1.165) is 17.7 Å². The van der Waals surface area contributed by atoms with Crippen molar-refractivity contribution in [3.8, 4) is 5.75 Å². The van der Waals surface area contributed by atoms with Gasteiger partial charge in [0.25, 0.3) is 0 Å². The lowest BCUT2D eigenvalue weighted by Crippen LogP contribution is -2.15. The van der Waals surface area contributed by atoms with Crippen LogP contribution in [-0.2, 0) is 6.42 Å². The van der Waals surface area contributed by atoms with Crippen LogP contribution in [0.2, 0.25) is 0 Å². The van der Waals surface area contributed by atoms with Gasteiger partial charge in [-0.15, -0.1) is 11.3 Å². The lowest BCUT2D eigenvalue weighted by molar-refractivity contribution is 0.136. The normalized spacial score (nSPS) is 19.4. The first-order chi connectivity index (χ1) is 9.79. The monoisotopic (exact) mass is 288 g/mol. The third-order valence-electron chi connectivity index (χ3n) is 4.01. The Kier molecular flexibility index (Phi) is 4.08. The third kappa shape index (κ3) is 2.60. The Labute approximate surface area is 124 Å². The first kappa shape index (κ1) is 13.7. The summed E-state index contributed by atoms with van der Waals surface area (Å²) < 4.78 is 5.45. The smallest absolute Gasteiger partial charge is 0.119 e. The molecule has 106 valence electrons. The molecule has 20 heavy (non-hydrogen) atoms. The van der Waals surface area contributed by atoms with E-state index in [1.807, 2.05) is 42.5 Å². The Balaban J connectivity index is 1.81. The molecule has 0 bridgehead atoms. The molecule has 1 aliphatic rings. The molecule has 1 aromatic heterocycles. The molecular weight excluding hydrogens is 268 g/mol. The van der Waals surface area contributed by atoms with E-state index < -0.39 is 6.10 Å². The van der Waals surface area contributed by atoms with Crippen molar-refractivity contribution in [3.05, 3.63) is 51.7 Å². The van der Waals surface area contributed by atoms with E-state index in [-0.39, 0.29) is 5.92 Å². The van der Waals surface area contributed by atoms with Gasteiger partial charge in [0.15, 0.2) is 0 Å². The van der Waals surface area contributed by atoms with Gasteiger partial charge < -0.3 is 9.84 Å². The lowest BCUT2D eigenvalue weighted by Gasteiger charge is -2.27. The van der Waals surface area contributed by atoms with Crippen molar-refractivity contribution in [2.45, 2.75) is 38.2 Å². The van der Waals surface area contributed by atoms with Crippen LogP contribution in [0.1, 0.15) is 47.8 Å². The molecule has 2 unspecified atom stereocenters. The van der Waals surface area contributed by atoms with E-state index in [4.69, 9.17) is 4.74 Å². The summed E-state index contributed by atoms with van der Waals surface area (Å²) in [6, 6.07) is 10.0. The number of benzene rings is 1. The number of thiophene rings is 1. The molecule has 3 rings (SSSR count). The van der Waals surface area contributed by atoms with Gasteiger partial charge in [0.05, 0.1) is 12.7 Å². The van der Waals surface area contributed by atoms with Gasteiger partial charge in [-0.3, -0.25) is 0 Å². The number of aliphatic hydroxyl groups excluding tert-OH is 1. The summed E-state index contributed by atoms with van der Waals surface area (Å²) in [5.41, 5.74) is 2.33. The largest absolute Gasteiger partial charge is 0.494 e. The Bertz CT molecular complexity index is 559. The van der Waals surface area contributed by atoms with Crippen LogP contribution in [0.25, 0.3) is 0 Å². The fourth-order valence-corrected chi connectivity index (χ4v) is 4.01. The van der Waals surface area contributed by atoms with Gasteiger partial charge in [0, 0.05) is 10.8 Å². The van der Waals surface area contributed by atoms with Crippen LogP contribution in [-0.4, -0.2) is 11.7 Å². The number of aryl methyl sites for hydroxylation is 1. The molecule has 0 fully saturated rings. The quantitative estimate of drug-likeness (QED) is 0.909. The Morgan fingerprint density at radius 3 is 2.85 bits per heavy atom. The molecule has 0 radical (unpaired) electrons. The number of ether oxygens (including phenoxy) is 1. The maximum atomic E-state index is 10.7. The van der Waals surface area contributed by atoms with Gasteiger partial charge in [-0.2, -0.15) is 0 Å². The molecule has 1 aromatic carbocycles. The van der Waals surface area contributed by atoms with E-state index in [2.05, 4.69) is 11.4 Å². The van der Waals surface area contributed by atoms with Crippen molar-refractivity contribution in [3.63, 3.8) is 0 Å². The maximum absolute atomic E-state index is 10.7. The first-order valence-corrected chi connectivity index (χ1v) is 8.14. The zero-order valence-corrected chi connectivity index (χ0v) is 12.5. The number of hydrogen-bond donors (Lipinski definition) is 1. The number of rotatable bonds is 4. The summed E-state index contributed by atoms with van der Waals surface area (Å²) in [6.07, 6.45) is 2.99. The number of fused-ring (bicyclic) bond motifs is 1. The van der Waals surface area contributed by atoms with Crippen LogP contribution in [0, 0.1) is 0 Å². The molecule has 0 aliphatic heterocycles. The molecular formula is C17H20O2S. The fourth-order valence-electron chi connectivity index (χ4n) is 3.01. The summed E-state index contributed by atoms with van der Waals surface area (Å²) >= 11 is 1.82. The summed E-state index contributed by atoms with van der Waals surface area (Å²) in [5, 5.41) is 12.8. The van der Waals surface area contributed by atoms with Crippen LogP contribution < -0.4 is 4.74 Å². The predicted molar refractivity (Wildman–Crippen MR) is 82.6 cm³/mol. The second-order valence-corrected chi connectivity index (χ2v) is 6.25. The maximum Gasteiger partial charge on any atom is 0.119 e. The fraction of sp³-hybridized carbons (Fsp3) is 0.412. The van der Waals surface area contributed by atoms with Crippen molar-refractivity contribution in [1.82, 2.24) is 0 Å². The molecule has 1 heterocycles. The standard InChI is InChI=1S/C17H20O2S/c1-2-19-13-8-6-12(7-9-13)17(18)15-4-3-5-16-14(15)10-11-20-16/h6-11,15,17-18H,2-5H2,1H3. The third-order valence-corrected chi connectivity index (χ3v) is 5.01. The summed E-state index contributed by atoms with van der Waals surface area (Å²) in [6.45, 7) is 2.64. The predicted octanol–water partition coefficient (Wildman–Crippen LogP) is 4.30. The van der Waals surface area contributed by atoms with Crippen LogP contribution in [0.4, 0.5) is 0 Å². The van der Waals surface area contributed by atoms with Crippen LogP contribution >= 0.6 is 11.3 Å². The summed E-state index contributed by atoms with van der Waals surface area (Å²) in [5.74, 6) is 1.10. The molecule has 0 amide bonds. The van der Waals surface area contributed by atoms with Crippen LogP contribution in [0.3, 0.4) is 0 Å². The molecule has 1 N–H and O–H groups in total.